The third-order valence-electron chi connectivity index (χ3n) is 4.52. The second-order valence-electron chi connectivity index (χ2n) is 6.19. The zero-order valence-corrected chi connectivity index (χ0v) is 12.9. The molecule has 1 amide bonds. The molecule has 1 heterocycles. The lowest BCUT2D eigenvalue weighted by molar-refractivity contribution is -0.139. The topological polar surface area (TPSA) is 46.3 Å². The maximum atomic E-state index is 12.9. The minimum atomic E-state index is -0.245. The Labute approximate surface area is 126 Å². The molecule has 21 heavy (non-hydrogen) atoms. The molecule has 1 aliphatic heterocycles. The molecular weight excluding hydrogens is 267 g/mol. The largest absolute Gasteiger partial charge is 0.338 e. The van der Waals surface area contributed by atoms with E-state index in [9.17, 15) is 9.18 Å². The van der Waals surface area contributed by atoms with Crippen molar-refractivity contribution in [2.75, 3.05) is 13.1 Å². The fourth-order valence-electron chi connectivity index (χ4n) is 3.23. The van der Waals surface area contributed by atoms with Gasteiger partial charge in [-0.3, -0.25) is 4.79 Å². The van der Waals surface area contributed by atoms with Gasteiger partial charge in [-0.1, -0.05) is 26.0 Å². The maximum absolute atomic E-state index is 12.9. The monoisotopic (exact) mass is 292 g/mol. The third-order valence-corrected chi connectivity index (χ3v) is 4.52. The second kappa shape index (κ2) is 7.03. The summed E-state index contributed by atoms with van der Waals surface area (Å²) in [5, 5.41) is 0. The van der Waals surface area contributed by atoms with E-state index in [0.717, 1.165) is 24.9 Å². The van der Waals surface area contributed by atoms with Gasteiger partial charge >= 0.3 is 0 Å². The fraction of sp³-hybridized carbons (Fsp3) is 0.588. The first-order valence-electron chi connectivity index (χ1n) is 7.78. The Morgan fingerprint density at radius 1 is 1.43 bits per heavy atom. The van der Waals surface area contributed by atoms with Crippen molar-refractivity contribution in [2.24, 2.45) is 17.6 Å². The number of piperidine rings is 1. The van der Waals surface area contributed by atoms with Crippen molar-refractivity contribution in [1.82, 2.24) is 4.90 Å². The number of benzene rings is 1. The van der Waals surface area contributed by atoms with Gasteiger partial charge < -0.3 is 10.6 Å². The standard InChI is InChI=1S/C17H25FN2O/c1-12-4-3-9-20(16(12)11-19)17(21)13(2)10-14-5-7-15(18)8-6-14/h5-8,12-13,16H,3-4,9-11,19H2,1-2H3/t12-,13+,16-/m0/s1. The maximum Gasteiger partial charge on any atom is 0.226 e. The van der Waals surface area contributed by atoms with Crippen LogP contribution in [0.2, 0.25) is 0 Å². The van der Waals surface area contributed by atoms with Gasteiger partial charge in [-0.25, -0.2) is 4.39 Å². The van der Waals surface area contributed by atoms with Gasteiger partial charge in [0.05, 0.1) is 0 Å². The number of hydrogen-bond acceptors (Lipinski definition) is 2. The number of carbonyl (C=O) groups is 1. The number of carbonyl (C=O) groups excluding carboxylic acids is 1. The van der Waals surface area contributed by atoms with Crippen LogP contribution in [-0.2, 0) is 11.2 Å². The molecule has 3 atom stereocenters. The van der Waals surface area contributed by atoms with Gasteiger partial charge in [0.25, 0.3) is 0 Å². The van der Waals surface area contributed by atoms with Crippen molar-refractivity contribution in [1.29, 1.82) is 0 Å². The Morgan fingerprint density at radius 2 is 2.10 bits per heavy atom. The molecule has 2 rings (SSSR count). The molecule has 0 bridgehead atoms. The summed E-state index contributed by atoms with van der Waals surface area (Å²) >= 11 is 0. The minimum absolute atomic E-state index is 0.102. The molecule has 0 aromatic heterocycles. The van der Waals surface area contributed by atoms with E-state index < -0.39 is 0 Å². The first kappa shape index (κ1) is 16.0. The normalized spacial score (nSPS) is 23.9. The van der Waals surface area contributed by atoms with Crippen LogP contribution in [0.4, 0.5) is 4.39 Å². The summed E-state index contributed by atoms with van der Waals surface area (Å²) in [6.45, 7) is 5.44. The summed E-state index contributed by atoms with van der Waals surface area (Å²) in [5.41, 5.74) is 6.85. The van der Waals surface area contributed by atoms with E-state index >= 15 is 0 Å². The highest BCUT2D eigenvalue weighted by molar-refractivity contribution is 5.79. The zero-order chi connectivity index (χ0) is 15.4. The molecule has 116 valence electrons. The summed E-state index contributed by atoms with van der Waals surface area (Å²) < 4.78 is 12.9. The van der Waals surface area contributed by atoms with E-state index in [0.29, 0.717) is 18.9 Å². The van der Waals surface area contributed by atoms with Gasteiger partial charge in [0.2, 0.25) is 5.91 Å². The van der Waals surface area contributed by atoms with E-state index in [-0.39, 0.29) is 23.7 Å². The lowest BCUT2D eigenvalue weighted by Gasteiger charge is -2.40. The van der Waals surface area contributed by atoms with E-state index in [1.54, 1.807) is 12.1 Å². The Hall–Kier alpha value is -1.42. The molecule has 2 N–H and O–H groups in total. The van der Waals surface area contributed by atoms with Crippen molar-refractivity contribution in [2.45, 2.75) is 39.2 Å². The molecular formula is C17H25FN2O. The molecule has 1 aromatic rings. The van der Waals surface area contributed by atoms with Crippen LogP contribution in [0.25, 0.3) is 0 Å². The average molecular weight is 292 g/mol. The molecule has 4 heteroatoms. The van der Waals surface area contributed by atoms with Gasteiger partial charge in [0, 0.05) is 25.0 Å². The molecule has 0 spiro atoms. The van der Waals surface area contributed by atoms with Gasteiger partial charge in [-0.2, -0.15) is 0 Å². The van der Waals surface area contributed by atoms with Gasteiger partial charge in [-0.15, -0.1) is 0 Å². The summed E-state index contributed by atoms with van der Waals surface area (Å²) in [4.78, 5) is 14.6. The van der Waals surface area contributed by atoms with Crippen LogP contribution in [0.3, 0.4) is 0 Å². The molecule has 1 fully saturated rings. The predicted octanol–water partition coefficient (Wildman–Crippen LogP) is 2.59. The summed E-state index contributed by atoms with van der Waals surface area (Å²) in [6, 6.07) is 6.54. The van der Waals surface area contributed by atoms with Crippen molar-refractivity contribution in [3.05, 3.63) is 35.6 Å². The van der Waals surface area contributed by atoms with Crippen LogP contribution in [0, 0.1) is 17.7 Å². The predicted molar refractivity (Wildman–Crippen MR) is 82.2 cm³/mol. The number of amides is 1. The molecule has 0 radical (unpaired) electrons. The van der Waals surface area contributed by atoms with Crippen LogP contribution in [0.5, 0.6) is 0 Å². The number of halogens is 1. The highest BCUT2D eigenvalue weighted by atomic mass is 19.1. The van der Waals surface area contributed by atoms with Crippen LogP contribution < -0.4 is 5.73 Å². The van der Waals surface area contributed by atoms with Gasteiger partial charge in [-0.05, 0) is 42.9 Å². The minimum Gasteiger partial charge on any atom is -0.338 e. The van der Waals surface area contributed by atoms with E-state index in [2.05, 4.69) is 6.92 Å². The number of likely N-dealkylation sites (tertiary alicyclic amines) is 1. The summed E-state index contributed by atoms with van der Waals surface area (Å²) in [7, 11) is 0. The first-order valence-corrected chi connectivity index (χ1v) is 7.78. The lowest BCUT2D eigenvalue weighted by Crippen LogP contribution is -2.53. The Kier molecular flexibility index (Phi) is 5.34. The molecule has 1 aromatic carbocycles. The van der Waals surface area contributed by atoms with Crippen LogP contribution in [0.15, 0.2) is 24.3 Å². The van der Waals surface area contributed by atoms with Crippen LogP contribution in [-0.4, -0.2) is 29.9 Å². The molecule has 1 saturated heterocycles. The zero-order valence-electron chi connectivity index (χ0n) is 12.9. The number of rotatable bonds is 4. The fourth-order valence-corrected chi connectivity index (χ4v) is 3.23. The lowest BCUT2D eigenvalue weighted by atomic mass is 9.89. The molecule has 1 aliphatic rings. The van der Waals surface area contributed by atoms with Crippen molar-refractivity contribution >= 4 is 5.91 Å². The van der Waals surface area contributed by atoms with E-state index in [1.165, 1.54) is 12.1 Å². The smallest absolute Gasteiger partial charge is 0.226 e. The quantitative estimate of drug-likeness (QED) is 0.927. The number of nitrogens with two attached hydrogens (primary N) is 1. The van der Waals surface area contributed by atoms with Crippen molar-refractivity contribution in [3.63, 3.8) is 0 Å². The second-order valence-corrected chi connectivity index (χ2v) is 6.19. The van der Waals surface area contributed by atoms with Crippen LogP contribution >= 0.6 is 0 Å². The first-order chi connectivity index (χ1) is 10.0. The molecule has 0 aliphatic carbocycles. The van der Waals surface area contributed by atoms with Crippen LogP contribution in [0.1, 0.15) is 32.3 Å². The van der Waals surface area contributed by atoms with Gasteiger partial charge in [0.1, 0.15) is 5.82 Å². The average Bonchev–Trinajstić information content (AvgIpc) is 2.48. The molecule has 0 unspecified atom stereocenters. The number of hydrogen-bond donors (Lipinski definition) is 1. The third kappa shape index (κ3) is 3.82. The number of nitrogens with zero attached hydrogens (tertiary/aromatic N) is 1. The van der Waals surface area contributed by atoms with Crippen molar-refractivity contribution < 1.29 is 9.18 Å². The highest BCUT2D eigenvalue weighted by Crippen LogP contribution is 2.25. The van der Waals surface area contributed by atoms with E-state index in [4.69, 9.17) is 5.73 Å². The van der Waals surface area contributed by atoms with Crippen molar-refractivity contribution in [3.8, 4) is 0 Å². The SMILES string of the molecule is C[C@H](Cc1ccc(F)cc1)C(=O)N1CCC[C@H](C)[C@@H]1CN. The highest BCUT2D eigenvalue weighted by Gasteiger charge is 2.32. The van der Waals surface area contributed by atoms with Gasteiger partial charge in [0.15, 0.2) is 0 Å². The summed E-state index contributed by atoms with van der Waals surface area (Å²) in [6.07, 6.45) is 2.83. The Balaban J connectivity index is 2.02. The molecule has 0 saturated carbocycles. The van der Waals surface area contributed by atoms with E-state index in [1.807, 2.05) is 11.8 Å². The Bertz CT molecular complexity index is 474. The molecule has 3 nitrogen and oxygen atoms in total. The summed E-state index contributed by atoms with van der Waals surface area (Å²) in [5.74, 6) is 0.285. The Morgan fingerprint density at radius 3 is 2.71 bits per heavy atom.